The van der Waals surface area contributed by atoms with Gasteiger partial charge in [-0.25, -0.2) is 4.79 Å². The van der Waals surface area contributed by atoms with Crippen LogP contribution in [0.3, 0.4) is 0 Å². The van der Waals surface area contributed by atoms with E-state index in [2.05, 4.69) is 10.2 Å². The summed E-state index contributed by atoms with van der Waals surface area (Å²) >= 11 is 0. The van der Waals surface area contributed by atoms with Crippen LogP contribution in [0.1, 0.15) is 11.4 Å². The Bertz CT molecular complexity index is 1450. The molecule has 0 radical (unpaired) electrons. The molecular formula is C21H12F3N3O4. The molecule has 31 heavy (non-hydrogen) atoms. The molecule has 0 aliphatic rings. The van der Waals surface area contributed by atoms with Gasteiger partial charge in [-0.15, -0.1) is 10.2 Å². The summed E-state index contributed by atoms with van der Waals surface area (Å²) in [7, 11) is 0. The second-order valence-corrected chi connectivity index (χ2v) is 6.67. The highest BCUT2D eigenvalue weighted by Crippen LogP contribution is 2.35. The van der Waals surface area contributed by atoms with Gasteiger partial charge in [0.2, 0.25) is 5.75 Å². The van der Waals surface area contributed by atoms with Crippen molar-refractivity contribution in [2.75, 3.05) is 0 Å². The van der Waals surface area contributed by atoms with Crippen LogP contribution in [0, 0.1) is 0 Å². The number of hydrogen-bond donors (Lipinski definition) is 0. The molecule has 2 aromatic carbocycles. The molecule has 0 bridgehead atoms. The molecule has 3 heterocycles. The molecule has 156 valence electrons. The second kappa shape index (κ2) is 7.01. The third-order valence-electron chi connectivity index (χ3n) is 4.72. The molecular weight excluding hydrogens is 415 g/mol. The van der Waals surface area contributed by atoms with E-state index in [1.807, 2.05) is 0 Å². The summed E-state index contributed by atoms with van der Waals surface area (Å²) in [6.07, 6.45) is -1.57. The highest BCUT2D eigenvalue weighted by molar-refractivity contribution is 5.99. The van der Waals surface area contributed by atoms with E-state index in [0.29, 0.717) is 22.5 Å². The third kappa shape index (κ3) is 3.41. The van der Waals surface area contributed by atoms with E-state index in [-0.39, 0.29) is 17.9 Å². The first-order valence-electron chi connectivity index (χ1n) is 9.03. The van der Waals surface area contributed by atoms with Crippen molar-refractivity contribution in [1.82, 2.24) is 14.8 Å². The highest BCUT2D eigenvalue weighted by atomic mass is 19.4. The minimum Gasteiger partial charge on any atom is -0.478 e. The summed E-state index contributed by atoms with van der Waals surface area (Å²) in [6, 6.07) is 11.1. The van der Waals surface area contributed by atoms with Crippen molar-refractivity contribution < 1.29 is 26.7 Å². The van der Waals surface area contributed by atoms with Crippen LogP contribution in [-0.4, -0.2) is 14.8 Å². The number of hydrogen-bond acceptors (Lipinski definition) is 6. The Morgan fingerprint density at radius 1 is 1.00 bits per heavy atom. The lowest BCUT2D eigenvalue weighted by Crippen LogP contribution is -2.08. The molecule has 0 saturated carbocycles. The Hall–Kier alpha value is -4.08. The van der Waals surface area contributed by atoms with Gasteiger partial charge in [0, 0.05) is 22.5 Å². The van der Waals surface area contributed by atoms with Crippen molar-refractivity contribution in [3.8, 4) is 11.4 Å². The van der Waals surface area contributed by atoms with Gasteiger partial charge in [-0.2, -0.15) is 13.2 Å². The molecule has 0 N–H and O–H groups in total. The van der Waals surface area contributed by atoms with Crippen LogP contribution < -0.4 is 10.4 Å². The van der Waals surface area contributed by atoms with Gasteiger partial charge < -0.3 is 13.6 Å². The van der Waals surface area contributed by atoms with Crippen molar-refractivity contribution in [3.05, 3.63) is 82.9 Å². The quantitative estimate of drug-likeness (QED) is 0.386. The minimum atomic E-state index is -4.43. The third-order valence-corrected chi connectivity index (χ3v) is 4.72. The molecule has 0 unspecified atom stereocenters. The molecule has 0 aliphatic carbocycles. The van der Waals surface area contributed by atoms with Gasteiger partial charge in [0.15, 0.2) is 17.0 Å². The average Bonchev–Trinajstić information content (AvgIpc) is 3.40. The molecule has 7 nitrogen and oxygen atoms in total. The van der Waals surface area contributed by atoms with Gasteiger partial charge in [-0.1, -0.05) is 0 Å². The Morgan fingerprint density at radius 2 is 1.77 bits per heavy atom. The zero-order valence-corrected chi connectivity index (χ0v) is 15.6. The van der Waals surface area contributed by atoms with Crippen LogP contribution in [-0.2, 0) is 12.8 Å². The molecule has 3 aromatic heterocycles. The maximum atomic E-state index is 12.8. The van der Waals surface area contributed by atoms with Gasteiger partial charge >= 0.3 is 11.8 Å². The van der Waals surface area contributed by atoms with Crippen LogP contribution in [0.25, 0.3) is 27.6 Å². The predicted octanol–water partition coefficient (Wildman–Crippen LogP) is 4.72. The van der Waals surface area contributed by atoms with E-state index in [0.717, 1.165) is 17.5 Å². The molecule has 0 fully saturated rings. The molecule has 5 aromatic rings. The zero-order valence-electron chi connectivity index (χ0n) is 15.6. The first-order valence-corrected chi connectivity index (χ1v) is 9.03. The van der Waals surface area contributed by atoms with Gasteiger partial charge in [0.05, 0.1) is 11.8 Å². The van der Waals surface area contributed by atoms with E-state index in [9.17, 15) is 18.0 Å². The van der Waals surface area contributed by atoms with Crippen molar-refractivity contribution in [2.45, 2.75) is 12.8 Å². The summed E-state index contributed by atoms with van der Waals surface area (Å²) in [4.78, 5) is 11.7. The standard InChI is InChI=1S/C21H12F3N3O4/c22-21(23,24)14-2-4-15(5-3-14)27-11-25-26-16(27)10-30-20-18-13(7-8-29-18)9-12-1-6-17(28)31-19(12)20/h1-9,11H,10H2. The van der Waals surface area contributed by atoms with Crippen LogP contribution in [0.15, 0.2) is 74.8 Å². The lowest BCUT2D eigenvalue weighted by Gasteiger charge is -2.11. The predicted molar refractivity (Wildman–Crippen MR) is 103 cm³/mol. The van der Waals surface area contributed by atoms with Gasteiger partial charge in [0.25, 0.3) is 0 Å². The van der Waals surface area contributed by atoms with E-state index in [1.54, 1.807) is 18.2 Å². The summed E-state index contributed by atoms with van der Waals surface area (Å²) in [5, 5.41) is 9.21. The SMILES string of the molecule is O=c1ccc2cc3ccoc3c(OCc3nncn3-c3ccc(C(F)(F)F)cc3)c2o1. The molecule has 0 spiro atoms. The maximum Gasteiger partial charge on any atom is 0.416 e. The van der Waals surface area contributed by atoms with E-state index >= 15 is 0 Å². The zero-order chi connectivity index (χ0) is 21.6. The summed E-state index contributed by atoms with van der Waals surface area (Å²) in [5.41, 5.74) is -0.258. The Morgan fingerprint density at radius 3 is 2.55 bits per heavy atom. The molecule has 0 amide bonds. The van der Waals surface area contributed by atoms with Crippen LogP contribution in [0.5, 0.6) is 5.75 Å². The number of rotatable bonds is 4. The van der Waals surface area contributed by atoms with Crippen molar-refractivity contribution >= 4 is 21.9 Å². The molecule has 10 heteroatoms. The fraction of sp³-hybridized carbons (Fsp3) is 0.0952. The fourth-order valence-electron chi connectivity index (χ4n) is 3.26. The largest absolute Gasteiger partial charge is 0.478 e. The van der Waals surface area contributed by atoms with Gasteiger partial charge in [-0.05, 0) is 42.5 Å². The Kier molecular flexibility index (Phi) is 4.28. The average molecular weight is 427 g/mol. The number of fused-ring (bicyclic) bond motifs is 2. The van der Waals surface area contributed by atoms with Crippen molar-refractivity contribution in [1.29, 1.82) is 0 Å². The molecule has 0 aliphatic heterocycles. The van der Waals surface area contributed by atoms with Gasteiger partial charge in [-0.3, -0.25) is 4.57 Å². The van der Waals surface area contributed by atoms with Crippen molar-refractivity contribution in [2.24, 2.45) is 0 Å². The van der Waals surface area contributed by atoms with E-state index in [1.165, 1.54) is 35.4 Å². The van der Waals surface area contributed by atoms with Crippen LogP contribution in [0.2, 0.25) is 0 Å². The number of halogens is 3. The summed E-state index contributed by atoms with van der Waals surface area (Å²) in [6.45, 7) is -0.103. The summed E-state index contributed by atoms with van der Waals surface area (Å²) < 4.78 is 56.6. The number of aromatic nitrogens is 3. The number of nitrogens with zero attached hydrogens (tertiary/aromatic N) is 3. The maximum absolute atomic E-state index is 12.8. The number of ether oxygens (including phenoxy) is 1. The topological polar surface area (TPSA) is 83.3 Å². The molecule has 0 saturated heterocycles. The summed E-state index contributed by atoms with van der Waals surface area (Å²) in [5.74, 6) is 0.548. The van der Waals surface area contributed by atoms with Gasteiger partial charge in [0.1, 0.15) is 12.9 Å². The second-order valence-electron chi connectivity index (χ2n) is 6.67. The highest BCUT2D eigenvalue weighted by Gasteiger charge is 2.30. The number of benzene rings is 2. The minimum absolute atomic E-state index is 0.103. The Labute approximate surface area is 171 Å². The molecule has 5 rings (SSSR count). The number of alkyl halides is 3. The van der Waals surface area contributed by atoms with Crippen molar-refractivity contribution in [3.63, 3.8) is 0 Å². The normalized spacial score (nSPS) is 12.0. The van der Waals surface area contributed by atoms with Crippen LogP contribution in [0.4, 0.5) is 13.2 Å². The Balaban J connectivity index is 1.50. The lowest BCUT2D eigenvalue weighted by molar-refractivity contribution is -0.137. The first-order chi connectivity index (χ1) is 14.9. The van der Waals surface area contributed by atoms with E-state index < -0.39 is 17.4 Å². The smallest absolute Gasteiger partial charge is 0.416 e. The van der Waals surface area contributed by atoms with Crippen LogP contribution >= 0.6 is 0 Å². The monoisotopic (exact) mass is 427 g/mol. The van der Waals surface area contributed by atoms with E-state index in [4.69, 9.17) is 13.6 Å². The molecule has 0 atom stereocenters. The lowest BCUT2D eigenvalue weighted by atomic mass is 10.1. The number of furan rings is 1. The first kappa shape index (κ1) is 18.9. The fourth-order valence-corrected chi connectivity index (χ4v) is 3.26.